The summed E-state index contributed by atoms with van der Waals surface area (Å²) in [5, 5.41) is 8.01. The van der Waals surface area contributed by atoms with Gasteiger partial charge in [-0.05, 0) is 70.0 Å². The Bertz CT molecular complexity index is 1200. The van der Waals surface area contributed by atoms with Crippen LogP contribution in [0.3, 0.4) is 0 Å². The Morgan fingerprint density at radius 2 is 1.81 bits per heavy atom. The Hall–Kier alpha value is -2.97. The first kappa shape index (κ1) is 21.3. The summed E-state index contributed by atoms with van der Waals surface area (Å²) < 4.78 is 15.8. The highest BCUT2D eigenvalue weighted by Crippen LogP contribution is 2.33. The zero-order valence-electron chi connectivity index (χ0n) is 16.3. The quantitative estimate of drug-likeness (QED) is 0.349. The van der Waals surface area contributed by atoms with Gasteiger partial charge in [-0.25, -0.2) is 9.07 Å². The number of carbonyl (C=O) groups excluding carboxylic acids is 1. The highest BCUT2D eigenvalue weighted by molar-refractivity contribution is 9.10. The summed E-state index contributed by atoms with van der Waals surface area (Å²) in [5.41, 5.74) is 2.09. The maximum atomic E-state index is 13.5. The molecule has 156 valence electrons. The lowest BCUT2D eigenvalue weighted by atomic mass is 10.2. The van der Waals surface area contributed by atoms with Crippen LogP contribution in [0.2, 0.25) is 0 Å². The first-order valence-electron chi connectivity index (χ1n) is 9.56. The number of aryl methyl sites for hydroxylation is 2. The van der Waals surface area contributed by atoms with E-state index in [9.17, 15) is 9.18 Å². The summed E-state index contributed by atoms with van der Waals surface area (Å²) in [7, 11) is 0. The number of carbonyl (C=O) groups is 1. The zero-order valence-corrected chi connectivity index (χ0v) is 18.7. The van der Waals surface area contributed by atoms with Crippen molar-refractivity contribution in [1.29, 1.82) is 0 Å². The molecule has 1 N–H and O–H groups in total. The third-order valence-corrected chi connectivity index (χ3v) is 5.89. The second kappa shape index (κ2) is 9.89. The van der Waals surface area contributed by atoms with E-state index in [0.29, 0.717) is 22.1 Å². The fraction of sp³-hybridized carbons (Fsp3) is 0.0870. The van der Waals surface area contributed by atoms with Crippen molar-refractivity contribution < 1.29 is 9.18 Å². The second-order valence-corrected chi connectivity index (χ2v) is 8.40. The van der Waals surface area contributed by atoms with Crippen LogP contribution in [-0.2, 0) is 13.0 Å². The maximum absolute atomic E-state index is 13.5. The monoisotopic (exact) mass is 496 g/mol. The van der Waals surface area contributed by atoms with Crippen LogP contribution in [0, 0.1) is 5.82 Å². The number of aromatic nitrogens is 3. The number of benzene rings is 3. The summed E-state index contributed by atoms with van der Waals surface area (Å²) in [5.74, 6) is -0.828. The zero-order chi connectivity index (χ0) is 21.6. The minimum absolute atomic E-state index is 0.258. The molecule has 5 nitrogen and oxygen atoms in total. The van der Waals surface area contributed by atoms with Crippen LogP contribution >= 0.6 is 27.7 Å². The molecule has 8 heteroatoms. The van der Waals surface area contributed by atoms with E-state index in [1.54, 1.807) is 12.1 Å². The van der Waals surface area contributed by atoms with E-state index in [0.717, 1.165) is 11.3 Å². The Morgan fingerprint density at radius 3 is 2.61 bits per heavy atom. The van der Waals surface area contributed by atoms with Crippen LogP contribution in [0.4, 0.5) is 10.1 Å². The van der Waals surface area contributed by atoms with Crippen molar-refractivity contribution in [2.75, 3.05) is 5.32 Å². The Morgan fingerprint density at radius 1 is 1.03 bits per heavy atom. The summed E-state index contributed by atoms with van der Waals surface area (Å²) in [6.07, 6.45) is 0.822. The lowest BCUT2D eigenvalue weighted by molar-refractivity contribution is 0.102. The molecule has 1 heterocycles. The molecule has 0 aliphatic heterocycles. The van der Waals surface area contributed by atoms with Gasteiger partial charge in [-0.2, -0.15) is 4.98 Å². The molecule has 0 saturated heterocycles. The number of hydrogen-bond acceptors (Lipinski definition) is 4. The number of nitrogens with one attached hydrogen (secondary N) is 1. The molecule has 0 aliphatic rings. The Balaban J connectivity index is 1.52. The van der Waals surface area contributed by atoms with E-state index in [1.165, 1.54) is 35.5 Å². The molecule has 0 aliphatic carbocycles. The molecule has 0 saturated carbocycles. The molecular weight excluding hydrogens is 479 g/mol. The minimum atomic E-state index is -0.452. The molecular formula is C23H18BrFN4OS. The van der Waals surface area contributed by atoms with Crippen molar-refractivity contribution in [3.8, 4) is 0 Å². The van der Waals surface area contributed by atoms with Gasteiger partial charge in [0.15, 0.2) is 5.16 Å². The van der Waals surface area contributed by atoms with Crippen molar-refractivity contribution >= 4 is 39.3 Å². The number of nitrogens with zero attached hydrogens (tertiary/aromatic N) is 3. The van der Waals surface area contributed by atoms with E-state index in [4.69, 9.17) is 0 Å². The molecule has 31 heavy (non-hydrogen) atoms. The van der Waals surface area contributed by atoms with Crippen molar-refractivity contribution in [2.24, 2.45) is 0 Å². The molecule has 0 spiro atoms. The van der Waals surface area contributed by atoms with Crippen LogP contribution < -0.4 is 5.32 Å². The first-order valence-corrected chi connectivity index (χ1v) is 11.2. The molecule has 0 radical (unpaired) electrons. The third kappa shape index (κ3) is 5.59. The third-order valence-electron chi connectivity index (χ3n) is 4.49. The average Bonchev–Trinajstić information content (AvgIpc) is 3.13. The highest BCUT2D eigenvalue weighted by atomic mass is 79.9. The van der Waals surface area contributed by atoms with Gasteiger partial charge in [-0.1, -0.05) is 48.5 Å². The molecule has 1 amide bonds. The predicted molar refractivity (Wildman–Crippen MR) is 123 cm³/mol. The van der Waals surface area contributed by atoms with E-state index >= 15 is 0 Å². The molecule has 4 rings (SSSR count). The molecule has 4 aromatic rings. The average molecular weight is 497 g/mol. The fourth-order valence-corrected chi connectivity index (χ4v) is 4.40. The van der Waals surface area contributed by atoms with Gasteiger partial charge in [0.25, 0.3) is 5.91 Å². The van der Waals surface area contributed by atoms with E-state index < -0.39 is 5.82 Å². The smallest absolute Gasteiger partial charge is 0.255 e. The number of halogens is 2. The van der Waals surface area contributed by atoms with E-state index in [2.05, 4.69) is 43.5 Å². The van der Waals surface area contributed by atoms with Gasteiger partial charge in [-0.3, -0.25) is 4.79 Å². The minimum Gasteiger partial charge on any atom is -0.321 e. The van der Waals surface area contributed by atoms with E-state index in [1.807, 2.05) is 41.1 Å². The van der Waals surface area contributed by atoms with Gasteiger partial charge in [0.1, 0.15) is 5.82 Å². The standard InChI is InChI=1S/C23H18BrFN4OS/c24-22-27-23(29(28-22)14-13-16-7-2-1-3-8-16)31-20-12-5-4-11-19(20)26-21(30)17-9-6-10-18(25)15-17/h1-12,15H,13-14H2,(H,26,30). The maximum Gasteiger partial charge on any atom is 0.255 e. The molecule has 3 aromatic carbocycles. The van der Waals surface area contributed by atoms with Gasteiger partial charge in [0.2, 0.25) is 4.73 Å². The molecule has 0 atom stereocenters. The summed E-state index contributed by atoms with van der Waals surface area (Å²) >= 11 is 4.76. The summed E-state index contributed by atoms with van der Waals surface area (Å²) in [6.45, 7) is 0.669. The highest BCUT2D eigenvalue weighted by Gasteiger charge is 2.15. The number of amides is 1. The van der Waals surface area contributed by atoms with Crippen molar-refractivity contribution in [2.45, 2.75) is 23.0 Å². The van der Waals surface area contributed by atoms with Gasteiger partial charge >= 0.3 is 0 Å². The topological polar surface area (TPSA) is 59.8 Å². The fourth-order valence-electron chi connectivity index (χ4n) is 2.98. The summed E-state index contributed by atoms with van der Waals surface area (Å²) in [6, 6.07) is 23.2. The van der Waals surface area contributed by atoms with Crippen LogP contribution in [0.25, 0.3) is 0 Å². The molecule has 0 fully saturated rings. The van der Waals surface area contributed by atoms with Crippen LogP contribution in [0.15, 0.2) is 93.6 Å². The molecule has 1 aromatic heterocycles. The lowest BCUT2D eigenvalue weighted by Crippen LogP contribution is -2.12. The number of hydrogen-bond donors (Lipinski definition) is 1. The van der Waals surface area contributed by atoms with Crippen LogP contribution in [-0.4, -0.2) is 20.7 Å². The number of anilines is 1. The van der Waals surface area contributed by atoms with Gasteiger partial charge in [-0.15, -0.1) is 5.10 Å². The van der Waals surface area contributed by atoms with E-state index in [-0.39, 0.29) is 11.5 Å². The van der Waals surface area contributed by atoms with Crippen LogP contribution in [0.5, 0.6) is 0 Å². The SMILES string of the molecule is O=C(Nc1ccccc1Sc1nc(Br)nn1CCc1ccccc1)c1cccc(F)c1. The normalized spacial score (nSPS) is 10.8. The molecule has 0 unspecified atom stereocenters. The first-order chi connectivity index (χ1) is 15.1. The number of para-hydroxylation sites is 1. The largest absolute Gasteiger partial charge is 0.321 e. The van der Waals surface area contributed by atoms with Crippen molar-refractivity contribution in [3.63, 3.8) is 0 Å². The Kier molecular flexibility index (Phi) is 6.79. The summed E-state index contributed by atoms with van der Waals surface area (Å²) in [4.78, 5) is 17.9. The Labute approximate surface area is 191 Å². The second-order valence-electron chi connectivity index (χ2n) is 6.68. The van der Waals surface area contributed by atoms with Gasteiger partial charge < -0.3 is 5.32 Å². The number of rotatable bonds is 7. The van der Waals surface area contributed by atoms with Crippen molar-refractivity contribution in [3.05, 3.63) is 101 Å². The molecule has 0 bridgehead atoms. The van der Waals surface area contributed by atoms with Gasteiger partial charge in [0.05, 0.1) is 5.69 Å². The van der Waals surface area contributed by atoms with Crippen molar-refractivity contribution in [1.82, 2.24) is 14.8 Å². The predicted octanol–water partition coefficient (Wildman–Crippen LogP) is 5.83. The van der Waals surface area contributed by atoms with Gasteiger partial charge in [0, 0.05) is 17.0 Å². The van der Waals surface area contributed by atoms with Crippen LogP contribution in [0.1, 0.15) is 15.9 Å². The lowest BCUT2D eigenvalue weighted by Gasteiger charge is -2.11.